The fourth-order valence-electron chi connectivity index (χ4n) is 1.33. The molecule has 0 aliphatic heterocycles. The first-order chi connectivity index (χ1) is 8.79. The lowest BCUT2D eigenvalue weighted by Gasteiger charge is -2.06. The molecule has 2 aromatic rings. The van der Waals surface area contributed by atoms with Crippen LogP contribution in [0.2, 0.25) is 0 Å². The van der Waals surface area contributed by atoms with E-state index in [2.05, 4.69) is 21.0 Å². The third-order valence-corrected chi connectivity index (χ3v) is 2.43. The predicted molar refractivity (Wildman–Crippen MR) is 70.0 cm³/mol. The maximum atomic E-state index is 10.9. The first kappa shape index (κ1) is 12.3. The minimum Gasteiger partial charge on any atom is -0.280 e. The molecule has 0 atom stereocenters. The van der Waals surface area contributed by atoms with Gasteiger partial charge < -0.3 is 0 Å². The monoisotopic (exact) mass is 262 g/mol. The van der Waals surface area contributed by atoms with E-state index in [-0.39, 0.29) is 11.8 Å². The molecule has 92 valence electrons. The van der Waals surface area contributed by atoms with Crippen molar-refractivity contribution in [3.8, 4) is 11.3 Å². The second-order valence-electron chi connectivity index (χ2n) is 3.48. The molecule has 1 amide bonds. The summed E-state index contributed by atoms with van der Waals surface area (Å²) in [6.07, 6.45) is 0. The van der Waals surface area contributed by atoms with E-state index in [0.29, 0.717) is 5.82 Å². The van der Waals surface area contributed by atoms with Crippen LogP contribution >= 0.6 is 11.6 Å². The van der Waals surface area contributed by atoms with E-state index in [9.17, 15) is 4.79 Å². The van der Waals surface area contributed by atoms with E-state index in [0.717, 1.165) is 11.3 Å². The van der Waals surface area contributed by atoms with E-state index in [1.807, 2.05) is 36.4 Å². The van der Waals surface area contributed by atoms with Crippen LogP contribution in [0.5, 0.6) is 0 Å². The molecule has 0 aliphatic carbocycles. The Hall–Kier alpha value is -2.14. The average molecular weight is 263 g/mol. The van der Waals surface area contributed by atoms with Crippen LogP contribution in [-0.4, -0.2) is 22.0 Å². The zero-order valence-electron chi connectivity index (χ0n) is 9.43. The van der Waals surface area contributed by atoms with E-state index in [4.69, 9.17) is 11.6 Å². The predicted octanol–water partition coefficient (Wildman–Crippen LogP) is 1.83. The molecule has 0 aliphatic rings. The normalized spacial score (nSPS) is 9.83. The van der Waals surface area contributed by atoms with Gasteiger partial charge in [0, 0.05) is 5.56 Å². The van der Waals surface area contributed by atoms with Crippen LogP contribution in [0.3, 0.4) is 0 Å². The number of alkyl halides is 1. The largest absolute Gasteiger partial charge is 0.280 e. The highest BCUT2D eigenvalue weighted by atomic mass is 35.5. The average Bonchev–Trinajstić information content (AvgIpc) is 2.46. The molecule has 2 rings (SSSR count). The van der Waals surface area contributed by atoms with Gasteiger partial charge in [-0.2, -0.15) is 0 Å². The second-order valence-corrected chi connectivity index (χ2v) is 3.74. The van der Waals surface area contributed by atoms with Gasteiger partial charge in [0.15, 0.2) is 5.82 Å². The smallest absolute Gasteiger partial charge is 0.253 e. The lowest BCUT2D eigenvalue weighted by Crippen LogP contribution is -2.30. The van der Waals surface area contributed by atoms with Crippen molar-refractivity contribution in [2.45, 2.75) is 0 Å². The standard InChI is InChI=1S/C12H11ClN4O/c13-8-12(18)17-16-11-7-6-10(14-15-11)9-4-2-1-3-5-9/h1-7H,8H2,(H,15,16)(H,17,18). The number of rotatable bonds is 4. The lowest BCUT2D eigenvalue weighted by atomic mass is 10.1. The molecule has 0 saturated heterocycles. The van der Waals surface area contributed by atoms with Crippen molar-refractivity contribution in [1.82, 2.24) is 15.6 Å². The Balaban J connectivity index is 2.04. The van der Waals surface area contributed by atoms with E-state index in [1.54, 1.807) is 6.07 Å². The van der Waals surface area contributed by atoms with Crippen molar-refractivity contribution in [2.75, 3.05) is 11.3 Å². The molecule has 0 unspecified atom stereocenters. The number of hydrogen-bond acceptors (Lipinski definition) is 4. The van der Waals surface area contributed by atoms with Gasteiger partial charge in [0.05, 0.1) is 5.69 Å². The summed E-state index contributed by atoms with van der Waals surface area (Å²) in [5.74, 6) is 0.0152. The maximum Gasteiger partial charge on any atom is 0.253 e. The quantitative estimate of drug-likeness (QED) is 0.652. The van der Waals surface area contributed by atoms with Crippen LogP contribution in [0.1, 0.15) is 0 Å². The highest BCUT2D eigenvalue weighted by molar-refractivity contribution is 6.27. The number of nitrogens with zero attached hydrogens (tertiary/aromatic N) is 2. The zero-order valence-corrected chi connectivity index (χ0v) is 10.2. The van der Waals surface area contributed by atoms with Crippen LogP contribution in [0.4, 0.5) is 5.82 Å². The SMILES string of the molecule is O=C(CCl)NNc1ccc(-c2ccccc2)nn1. The molecule has 0 radical (unpaired) electrons. The molecule has 5 nitrogen and oxygen atoms in total. The first-order valence-electron chi connectivity index (χ1n) is 5.29. The van der Waals surface area contributed by atoms with Gasteiger partial charge in [-0.15, -0.1) is 21.8 Å². The summed E-state index contributed by atoms with van der Waals surface area (Å²) in [7, 11) is 0. The summed E-state index contributed by atoms with van der Waals surface area (Å²) in [6.45, 7) is 0. The third-order valence-electron chi connectivity index (χ3n) is 2.19. The molecule has 2 N–H and O–H groups in total. The van der Waals surface area contributed by atoms with E-state index in [1.165, 1.54) is 0 Å². The Morgan fingerprint density at radius 1 is 1.11 bits per heavy atom. The second kappa shape index (κ2) is 5.97. The summed E-state index contributed by atoms with van der Waals surface area (Å²) in [4.78, 5) is 10.9. The van der Waals surface area contributed by atoms with Gasteiger partial charge in [0.2, 0.25) is 0 Å². The highest BCUT2D eigenvalue weighted by Gasteiger charge is 2.01. The number of anilines is 1. The van der Waals surface area contributed by atoms with Gasteiger partial charge in [0.25, 0.3) is 5.91 Å². The van der Waals surface area contributed by atoms with Crippen molar-refractivity contribution >= 4 is 23.3 Å². The molecular weight excluding hydrogens is 252 g/mol. The maximum absolute atomic E-state index is 10.9. The summed E-state index contributed by atoms with van der Waals surface area (Å²) in [6, 6.07) is 13.3. The van der Waals surface area contributed by atoms with Crippen molar-refractivity contribution in [3.05, 3.63) is 42.5 Å². The molecule has 0 spiro atoms. The van der Waals surface area contributed by atoms with E-state index < -0.39 is 0 Å². The van der Waals surface area contributed by atoms with Crippen LogP contribution < -0.4 is 10.9 Å². The van der Waals surface area contributed by atoms with Gasteiger partial charge in [-0.1, -0.05) is 30.3 Å². The molecule has 1 heterocycles. The van der Waals surface area contributed by atoms with Crippen molar-refractivity contribution in [3.63, 3.8) is 0 Å². The van der Waals surface area contributed by atoms with E-state index >= 15 is 0 Å². The Bertz CT molecular complexity index is 515. The van der Waals surface area contributed by atoms with Crippen molar-refractivity contribution in [1.29, 1.82) is 0 Å². The van der Waals surface area contributed by atoms with Crippen molar-refractivity contribution < 1.29 is 4.79 Å². The Labute approximate surface area is 109 Å². The molecular formula is C12H11ClN4O. The first-order valence-corrected chi connectivity index (χ1v) is 5.83. The molecule has 0 fully saturated rings. The fourth-order valence-corrected chi connectivity index (χ4v) is 1.40. The topological polar surface area (TPSA) is 66.9 Å². The summed E-state index contributed by atoms with van der Waals surface area (Å²) < 4.78 is 0. The molecule has 6 heteroatoms. The number of aromatic nitrogens is 2. The molecule has 0 saturated carbocycles. The highest BCUT2D eigenvalue weighted by Crippen LogP contribution is 2.15. The number of halogens is 1. The Kier molecular flexibility index (Phi) is 4.09. The number of hydrogen-bond donors (Lipinski definition) is 2. The number of hydrazine groups is 1. The molecule has 18 heavy (non-hydrogen) atoms. The van der Waals surface area contributed by atoms with Gasteiger partial charge in [-0.05, 0) is 12.1 Å². The number of amides is 1. The van der Waals surface area contributed by atoms with Crippen LogP contribution in [0.15, 0.2) is 42.5 Å². The van der Waals surface area contributed by atoms with Gasteiger partial charge in [-0.3, -0.25) is 15.6 Å². The Morgan fingerprint density at radius 2 is 1.89 bits per heavy atom. The Morgan fingerprint density at radius 3 is 2.50 bits per heavy atom. The van der Waals surface area contributed by atoms with Crippen molar-refractivity contribution in [2.24, 2.45) is 0 Å². The van der Waals surface area contributed by atoms with Crippen LogP contribution in [-0.2, 0) is 4.79 Å². The third kappa shape index (κ3) is 3.18. The zero-order chi connectivity index (χ0) is 12.8. The summed E-state index contributed by atoms with van der Waals surface area (Å²) >= 11 is 5.34. The van der Waals surface area contributed by atoms with Gasteiger partial charge in [0.1, 0.15) is 5.88 Å². The number of carbonyl (C=O) groups is 1. The van der Waals surface area contributed by atoms with Gasteiger partial charge in [-0.25, -0.2) is 0 Å². The minimum atomic E-state index is -0.328. The molecule has 0 bridgehead atoms. The number of benzene rings is 1. The van der Waals surface area contributed by atoms with Gasteiger partial charge >= 0.3 is 0 Å². The summed E-state index contributed by atoms with van der Waals surface area (Å²) in [5.41, 5.74) is 6.76. The lowest BCUT2D eigenvalue weighted by molar-refractivity contribution is -0.118. The number of carbonyl (C=O) groups excluding carboxylic acids is 1. The van der Waals surface area contributed by atoms with Crippen LogP contribution in [0.25, 0.3) is 11.3 Å². The fraction of sp³-hybridized carbons (Fsp3) is 0.0833. The molecule has 1 aromatic heterocycles. The van der Waals surface area contributed by atoms with Crippen LogP contribution in [0, 0.1) is 0 Å². The summed E-state index contributed by atoms with van der Waals surface area (Å²) in [5, 5.41) is 8.00. The molecule has 1 aromatic carbocycles. The number of nitrogens with one attached hydrogen (secondary N) is 2. The minimum absolute atomic E-state index is 0.109.